The van der Waals surface area contributed by atoms with Crippen LogP contribution in [0, 0.1) is 0 Å². The van der Waals surface area contributed by atoms with E-state index in [0.29, 0.717) is 23.8 Å². The molecule has 0 radical (unpaired) electrons. The van der Waals surface area contributed by atoms with Crippen molar-refractivity contribution in [2.45, 2.75) is 20.4 Å². The molecule has 0 amide bonds. The molecule has 0 aromatic heterocycles. The van der Waals surface area contributed by atoms with Gasteiger partial charge < -0.3 is 20.5 Å². The van der Waals surface area contributed by atoms with E-state index in [1.165, 1.54) is 0 Å². The van der Waals surface area contributed by atoms with E-state index in [0.717, 1.165) is 13.1 Å². The lowest BCUT2D eigenvalue weighted by Crippen LogP contribution is -2.37. The summed E-state index contributed by atoms with van der Waals surface area (Å²) in [6.45, 7) is 6.01. The Labute approximate surface area is 131 Å². The predicted molar refractivity (Wildman–Crippen MR) is 88.3 cm³/mol. The molecule has 0 spiro atoms. The third kappa shape index (κ3) is 5.14. The summed E-state index contributed by atoms with van der Waals surface area (Å²) in [7, 11) is 1.59. The molecule has 0 fully saturated rings. The van der Waals surface area contributed by atoms with Gasteiger partial charge in [0.15, 0.2) is 5.96 Å². The largest absolute Gasteiger partial charge is 0.508 e. The number of ether oxygens (including phenoxy) is 1. The minimum absolute atomic E-state index is 0. The molecule has 3 N–H and O–H groups in total. The number of nitrogens with two attached hydrogens (primary N) is 1. The maximum Gasteiger partial charge on any atom is 0.191 e. The minimum atomic E-state index is 0. The molecular weight excluding hydrogens is 357 g/mol. The van der Waals surface area contributed by atoms with Gasteiger partial charge in [0.1, 0.15) is 11.5 Å². The number of phenols is 1. The van der Waals surface area contributed by atoms with Crippen molar-refractivity contribution in [2.24, 2.45) is 10.7 Å². The van der Waals surface area contributed by atoms with Gasteiger partial charge in [0, 0.05) is 18.7 Å². The van der Waals surface area contributed by atoms with Crippen LogP contribution in [0.3, 0.4) is 0 Å². The highest BCUT2D eigenvalue weighted by Gasteiger charge is 2.05. The van der Waals surface area contributed by atoms with Crippen molar-refractivity contribution in [1.82, 2.24) is 4.90 Å². The molecule has 0 heterocycles. The second-order valence-electron chi connectivity index (χ2n) is 3.84. The summed E-state index contributed by atoms with van der Waals surface area (Å²) < 4.78 is 5.11. The molecular formula is C13H22IN3O2. The lowest BCUT2D eigenvalue weighted by Gasteiger charge is -2.19. The van der Waals surface area contributed by atoms with Gasteiger partial charge in [-0.15, -0.1) is 24.0 Å². The molecule has 0 saturated carbocycles. The highest BCUT2D eigenvalue weighted by Crippen LogP contribution is 2.23. The van der Waals surface area contributed by atoms with Gasteiger partial charge in [-0.1, -0.05) is 0 Å². The molecule has 1 aromatic rings. The molecule has 0 bridgehead atoms. The lowest BCUT2D eigenvalue weighted by atomic mass is 10.2. The maximum absolute atomic E-state index is 9.72. The average Bonchev–Trinajstić information content (AvgIpc) is 2.39. The molecule has 19 heavy (non-hydrogen) atoms. The van der Waals surface area contributed by atoms with E-state index in [1.807, 2.05) is 18.7 Å². The van der Waals surface area contributed by atoms with Gasteiger partial charge in [-0.3, -0.25) is 0 Å². The topological polar surface area (TPSA) is 71.1 Å². The van der Waals surface area contributed by atoms with Gasteiger partial charge in [0.05, 0.1) is 13.7 Å². The fraction of sp³-hybridized carbons (Fsp3) is 0.462. The van der Waals surface area contributed by atoms with Crippen molar-refractivity contribution in [3.8, 4) is 11.5 Å². The molecule has 6 heteroatoms. The second kappa shape index (κ2) is 8.84. The first-order valence-corrected chi connectivity index (χ1v) is 6.03. The van der Waals surface area contributed by atoms with Crippen molar-refractivity contribution >= 4 is 29.9 Å². The summed E-state index contributed by atoms with van der Waals surface area (Å²) >= 11 is 0. The van der Waals surface area contributed by atoms with E-state index in [2.05, 4.69) is 4.99 Å². The number of hydrogen-bond acceptors (Lipinski definition) is 3. The van der Waals surface area contributed by atoms with Gasteiger partial charge in [-0.05, 0) is 32.0 Å². The monoisotopic (exact) mass is 379 g/mol. The Bertz CT molecular complexity index is 420. The van der Waals surface area contributed by atoms with Crippen molar-refractivity contribution < 1.29 is 9.84 Å². The van der Waals surface area contributed by atoms with Gasteiger partial charge in [0.25, 0.3) is 0 Å². The molecule has 0 aliphatic rings. The number of hydrogen-bond donors (Lipinski definition) is 2. The van der Waals surface area contributed by atoms with Crippen LogP contribution in [0.5, 0.6) is 11.5 Å². The number of aromatic hydroxyl groups is 1. The summed E-state index contributed by atoms with van der Waals surface area (Å²) in [6.07, 6.45) is 0. The van der Waals surface area contributed by atoms with Crippen LogP contribution in [0.15, 0.2) is 23.2 Å². The van der Waals surface area contributed by atoms with Crippen LogP contribution in [0.4, 0.5) is 0 Å². The fourth-order valence-electron chi connectivity index (χ4n) is 1.63. The number of phenolic OH excluding ortho intramolecular Hbond substituents is 1. The van der Waals surface area contributed by atoms with E-state index >= 15 is 0 Å². The lowest BCUT2D eigenvalue weighted by molar-refractivity contribution is 0.410. The number of aliphatic imine (C=N–C) groups is 1. The molecule has 0 atom stereocenters. The van der Waals surface area contributed by atoms with Crippen LogP contribution < -0.4 is 10.5 Å². The van der Waals surface area contributed by atoms with E-state index in [1.54, 1.807) is 25.3 Å². The third-order valence-corrected chi connectivity index (χ3v) is 2.79. The Morgan fingerprint density at radius 2 is 2.00 bits per heavy atom. The zero-order valence-electron chi connectivity index (χ0n) is 11.6. The molecule has 0 aliphatic heterocycles. The third-order valence-electron chi connectivity index (χ3n) is 2.79. The fourth-order valence-corrected chi connectivity index (χ4v) is 1.63. The van der Waals surface area contributed by atoms with Crippen LogP contribution in [-0.4, -0.2) is 36.2 Å². The zero-order valence-corrected chi connectivity index (χ0v) is 13.9. The first-order chi connectivity index (χ1) is 8.62. The first kappa shape index (κ1) is 17.8. The smallest absolute Gasteiger partial charge is 0.191 e. The molecule has 0 unspecified atom stereocenters. The standard InChI is InChI=1S/C13H21N3O2.HI/c1-4-16(5-2)13(14)15-9-10-8-11(18-3)6-7-12(10)17;/h6-8,17H,4-5,9H2,1-3H3,(H2,14,15);1H. The summed E-state index contributed by atoms with van der Waals surface area (Å²) in [6, 6.07) is 5.06. The number of nitrogens with zero attached hydrogens (tertiary/aromatic N) is 2. The number of guanidine groups is 1. The second-order valence-corrected chi connectivity index (χ2v) is 3.84. The highest BCUT2D eigenvalue weighted by molar-refractivity contribution is 14.0. The first-order valence-electron chi connectivity index (χ1n) is 6.03. The maximum atomic E-state index is 9.72. The summed E-state index contributed by atoms with van der Waals surface area (Å²) in [5.74, 6) is 1.38. The normalized spacial score (nSPS) is 10.8. The summed E-state index contributed by atoms with van der Waals surface area (Å²) in [5, 5.41) is 9.72. The number of methoxy groups -OCH3 is 1. The van der Waals surface area contributed by atoms with Crippen molar-refractivity contribution in [2.75, 3.05) is 20.2 Å². The molecule has 5 nitrogen and oxygen atoms in total. The van der Waals surface area contributed by atoms with E-state index in [4.69, 9.17) is 10.5 Å². The number of benzene rings is 1. The average molecular weight is 379 g/mol. The Balaban J connectivity index is 0.00000324. The summed E-state index contributed by atoms with van der Waals surface area (Å²) in [4.78, 5) is 6.23. The van der Waals surface area contributed by atoms with Crippen molar-refractivity contribution in [1.29, 1.82) is 0 Å². The van der Waals surface area contributed by atoms with Gasteiger partial charge in [0.2, 0.25) is 0 Å². The quantitative estimate of drug-likeness (QED) is 0.468. The van der Waals surface area contributed by atoms with Gasteiger partial charge in [-0.25, -0.2) is 4.99 Å². The Hall–Kier alpha value is -1.18. The van der Waals surface area contributed by atoms with Crippen molar-refractivity contribution in [3.63, 3.8) is 0 Å². The molecule has 0 aliphatic carbocycles. The van der Waals surface area contributed by atoms with Gasteiger partial charge >= 0.3 is 0 Å². The molecule has 0 saturated heterocycles. The van der Waals surface area contributed by atoms with Crippen LogP contribution in [0.1, 0.15) is 19.4 Å². The van der Waals surface area contributed by atoms with Crippen molar-refractivity contribution in [3.05, 3.63) is 23.8 Å². The van der Waals surface area contributed by atoms with E-state index in [9.17, 15) is 5.11 Å². The molecule has 1 aromatic carbocycles. The molecule has 1 rings (SSSR count). The number of halogens is 1. The highest BCUT2D eigenvalue weighted by atomic mass is 127. The van der Waals surface area contributed by atoms with Crippen LogP contribution in [0.2, 0.25) is 0 Å². The zero-order chi connectivity index (χ0) is 13.5. The molecule has 108 valence electrons. The number of rotatable bonds is 5. The van der Waals surface area contributed by atoms with Crippen LogP contribution in [0.25, 0.3) is 0 Å². The van der Waals surface area contributed by atoms with Crippen LogP contribution >= 0.6 is 24.0 Å². The Kier molecular flexibility index (Phi) is 8.29. The van der Waals surface area contributed by atoms with Crippen LogP contribution in [-0.2, 0) is 6.54 Å². The Morgan fingerprint density at radius 1 is 1.37 bits per heavy atom. The summed E-state index contributed by atoms with van der Waals surface area (Å²) in [5.41, 5.74) is 6.57. The SMILES string of the molecule is CCN(CC)C(N)=NCc1cc(OC)ccc1O.I. The minimum Gasteiger partial charge on any atom is -0.508 e. The van der Waals surface area contributed by atoms with E-state index < -0.39 is 0 Å². The van der Waals surface area contributed by atoms with E-state index in [-0.39, 0.29) is 29.7 Å². The Morgan fingerprint density at radius 3 is 2.53 bits per heavy atom. The van der Waals surface area contributed by atoms with Gasteiger partial charge in [-0.2, -0.15) is 0 Å². The predicted octanol–water partition coefficient (Wildman–Crippen LogP) is 2.18.